The summed E-state index contributed by atoms with van der Waals surface area (Å²) in [7, 11) is 0. The van der Waals surface area contributed by atoms with E-state index in [4.69, 9.17) is 0 Å². The van der Waals surface area contributed by atoms with Crippen molar-refractivity contribution < 1.29 is 26.3 Å². The van der Waals surface area contributed by atoms with Crippen LogP contribution in [-0.4, -0.2) is 17.8 Å². The van der Waals surface area contributed by atoms with E-state index in [1.807, 2.05) is 48.5 Å². The number of hydrogen-bond acceptors (Lipinski definition) is 2. The molecule has 0 unspecified atom stereocenters. The van der Waals surface area contributed by atoms with Gasteiger partial charge in [0, 0.05) is 41.8 Å². The molecule has 0 saturated heterocycles. The molecule has 0 amide bonds. The molecule has 1 aliphatic rings. The molecule has 5 rings (SSSR count). The highest BCUT2D eigenvalue weighted by Crippen LogP contribution is 2.67. The predicted molar refractivity (Wildman–Crippen MR) is 187 cm³/mol. The van der Waals surface area contributed by atoms with Gasteiger partial charge < -0.3 is 0 Å². The number of alkyl halides is 6. The predicted octanol–water partition coefficient (Wildman–Crippen LogP) is 13.6. The molecule has 252 valence electrons. The standard InChI is InChI=1S/C39H42F6S2/c1-11-35(7,8)27-17-13-25(14-18-27)33-21(3)29(23(5)46-33)31-32(38(42,43)39(44,45)37(31,40)41)30-22(4)34(47-24(30)6)26-15-19-28(20-16-26)36(9,10)12-2/h13-20H,11-12H2,1-10H3. The Labute approximate surface area is 282 Å². The maximum absolute atomic E-state index is 16.0. The molecule has 0 nitrogen and oxygen atoms in total. The zero-order chi connectivity index (χ0) is 35.1. The van der Waals surface area contributed by atoms with Crippen LogP contribution >= 0.6 is 22.7 Å². The number of halogens is 6. The molecule has 0 N–H and O–H groups in total. The van der Waals surface area contributed by atoms with Crippen molar-refractivity contribution in [2.24, 2.45) is 0 Å². The third-order valence-corrected chi connectivity index (χ3v) is 12.9. The zero-order valence-electron chi connectivity index (χ0n) is 28.6. The van der Waals surface area contributed by atoms with E-state index < -0.39 is 28.9 Å². The van der Waals surface area contributed by atoms with Crippen LogP contribution in [-0.2, 0) is 10.8 Å². The molecule has 8 heteroatoms. The highest BCUT2D eigenvalue weighted by Gasteiger charge is 2.80. The topological polar surface area (TPSA) is 0 Å². The molecule has 0 spiro atoms. The Morgan fingerprint density at radius 3 is 1.11 bits per heavy atom. The van der Waals surface area contributed by atoms with Crippen LogP contribution in [0, 0.1) is 27.7 Å². The van der Waals surface area contributed by atoms with Crippen molar-refractivity contribution in [3.63, 3.8) is 0 Å². The van der Waals surface area contributed by atoms with Gasteiger partial charge in [-0.1, -0.05) is 90.1 Å². The quantitative estimate of drug-likeness (QED) is 0.162. The summed E-state index contributed by atoms with van der Waals surface area (Å²) in [5.41, 5.74) is 1.08. The van der Waals surface area contributed by atoms with Crippen LogP contribution in [0.5, 0.6) is 0 Å². The first kappa shape index (κ1) is 35.5. The van der Waals surface area contributed by atoms with Gasteiger partial charge in [-0.2, -0.15) is 26.3 Å². The lowest BCUT2D eigenvalue weighted by Crippen LogP contribution is -2.49. The summed E-state index contributed by atoms with van der Waals surface area (Å²) in [6, 6.07) is 15.4. The highest BCUT2D eigenvalue weighted by molar-refractivity contribution is 7.16. The molecule has 0 atom stereocenters. The average molecular weight is 689 g/mol. The monoisotopic (exact) mass is 688 g/mol. The molecule has 1 aliphatic carbocycles. The van der Waals surface area contributed by atoms with E-state index in [1.165, 1.54) is 0 Å². The summed E-state index contributed by atoms with van der Waals surface area (Å²) in [6.45, 7) is 18.9. The molecule has 0 radical (unpaired) electrons. The fourth-order valence-electron chi connectivity index (χ4n) is 6.54. The number of thiophene rings is 2. The summed E-state index contributed by atoms with van der Waals surface area (Å²) in [6.07, 6.45) is 1.82. The molecular weight excluding hydrogens is 647 g/mol. The Bertz CT molecular complexity index is 1710. The van der Waals surface area contributed by atoms with Crippen LogP contribution in [0.1, 0.15) is 97.5 Å². The second-order valence-electron chi connectivity index (χ2n) is 14.1. The summed E-state index contributed by atoms with van der Waals surface area (Å²) in [5, 5.41) is 0. The van der Waals surface area contributed by atoms with Crippen LogP contribution in [0.3, 0.4) is 0 Å². The van der Waals surface area contributed by atoms with Gasteiger partial charge in [-0.25, -0.2) is 0 Å². The third kappa shape index (κ3) is 5.33. The van der Waals surface area contributed by atoms with Gasteiger partial charge in [0.05, 0.1) is 0 Å². The van der Waals surface area contributed by atoms with E-state index in [-0.39, 0.29) is 42.8 Å². The average Bonchev–Trinajstić information content (AvgIpc) is 3.51. The number of benzene rings is 2. The fraction of sp³-hybridized carbons (Fsp3) is 0.436. The van der Waals surface area contributed by atoms with Gasteiger partial charge in [0.25, 0.3) is 0 Å². The minimum absolute atomic E-state index is 0.0733. The summed E-state index contributed by atoms with van der Waals surface area (Å²) in [5.74, 6) is -15.8. The highest BCUT2D eigenvalue weighted by atomic mass is 32.1. The van der Waals surface area contributed by atoms with E-state index in [0.717, 1.165) is 57.8 Å². The zero-order valence-corrected chi connectivity index (χ0v) is 30.3. The molecule has 0 fully saturated rings. The van der Waals surface area contributed by atoms with Crippen LogP contribution in [0.25, 0.3) is 32.0 Å². The molecule has 2 aromatic carbocycles. The van der Waals surface area contributed by atoms with Crippen LogP contribution in [0.2, 0.25) is 0 Å². The second kappa shape index (κ2) is 11.6. The third-order valence-electron chi connectivity index (χ3n) is 10.4. The number of hydrogen-bond donors (Lipinski definition) is 0. The minimum Gasteiger partial charge on any atom is -0.194 e. The molecule has 2 heterocycles. The molecule has 4 aromatic rings. The van der Waals surface area contributed by atoms with Gasteiger partial charge in [0.1, 0.15) is 0 Å². The van der Waals surface area contributed by atoms with Crippen molar-refractivity contribution in [2.45, 2.75) is 111 Å². The number of allylic oxidation sites excluding steroid dienone is 2. The van der Waals surface area contributed by atoms with Crippen molar-refractivity contribution in [2.75, 3.05) is 0 Å². The van der Waals surface area contributed by atoms with Crippen molar-refractivity contribution in [3.05, 3.63) is 91.7 Å². The normalized spacial score (nSPS) is 17.5. The van der Waals surface area contributed by atoms with Gasteiger partial charge in [-0.3, -0.25) is 0 Å². The van der Waals surface area contributed by atoms with Crippen molar-refractivity contribution >= 4 is 33.8 Å². The number of rotatable bonds is 8. The van der Waals surface area contributed by atoms with Gasteiger partial charge in [0.2, 0.25) is 0 Å². The Morgan fingerprint density at radius 1 is 0.532 bits per heavy atom. The van der Waals surface area contributed by atoms with Crippen LogP contribution in [0.4, 0.5) is 26.3 Å². The maximum atomic E-state index is 16.0. The summed E-state index contributed by atoms with van der Waals surface area (Å²) in [4.78, 5) is 1.76. The van der Waals surface area contributed by atoms with Crippen molar-refractivity contribution in [3.8, 4) is 20.9 Å². The van der Waals surface area contributed by atoms with Gasteiger partial charge in [-0.05, 0) is 84.7 Å². The molecular formula is C39H42F6S2. The SMILES string of the molecule is CCC(C)(C)c1ccc(-c2sc(C)c(C3=C(c4c(C)sc(-c5ccc(C(C)(C)CC)cc5)c4C)C(F)(F)C(F)(F)C3(F)F)c2C)cc1. The van der Waals surface area contributed by atoms with Crippen LogP contribution < -0.4 is 0 Å². The lowest BCUT2D eigenvalue weighted by molar-refractivity contribution is -0.254. The first-order valence-corrected chi connectivity index (χ1v) is 17.6. The smallest absolute Gasteiger partial charge is 0.194 e. The van der Waals surface area contributed by atoms with Crippen LogP contribution in [0.15, 0.2) is 48.5 Å². The molecule has 0 saturated carbocycles. The Hall–Kier alpha value is -2.84. The van der Waals surface area contributed by atoms with E-state index in [0.29, 0.717) is 9.75 Å². The summed E-state index contributed by atoms with van der Waals surface area (Å²) >= 11 is 2.32. The van der Waals surface area contributed by atoms with Crippen molar-refractivity contribution in [1.29, 1.82) is 0 Å². The molecule has 47 heavy (non-hydrogen) atoms. The molecule has 2 aromatic heterocycles. The van der Waals surface area contributed by atoms with Gasteiger partial charge >= 0.3 is 17.8 Å². The first-order chi connectivity index (χ1) is 21.7. The lowest BCUT2D eigenvalue weighted by atomic mass is 9.82. The summed E-state index contributed by atoms with van der Waals surface area (Å²) < 4.78 is 94.8. The van der Waals surface area contributed by atoms with E-state index in [2.05, 4.69) is 41.5 Å². The van der Waals surface area contributed by atoms with Crippen molar-refractivity contribution in [1.82, 2.24) is 0 Å². The fourth-order valence-corrected chi connectivity index (χ4v) is 8.88. The molecule has 0 aliphatic heterocycles. The Balaban J connectivity index is 1.73. The minimum atomic E-state index is -5.62. The second-order valence-corrected chi connectivity index (χ2v) is 16.5. The van der Waals surface area contributed by atoms with E-state index in [9.17, 15) is 0 Å². The van der Waals surface area contributed by atoms with E-state index in [1.54, 1.807) is 27.7 Å². The first-order valence-electron chi connectivity index (χ1n) is 16.0. The lowest BCUT2D eigenvalue weighted by Gasteiger charge is -2.26. The molecule has 0 bridgehead atoms. The van der Waals surface area contributed by atoms with Gasteiger partial charge in [-0.15, -0.1) is 22.7 Å². The maximum Gasteiger partial charge on any atom is 0.380 e. The number of aryl methyl sites for hydroxylation is 2. The van der Waals surface area contributed by atoms with E-state index >= 15 is 26.3 Å². The Morgan fingerprint density at radius 2 is 0.830 bits per heavy atom. The Kier molecular flexibility index (Phi) is 8.79. The largest absolute Gasteiger partial charge is 0.380 e. The van der Waals surface area contributed by atoms with Gasteiger partial charge in [0.15, 0.2) is 0 Å².